The van der Waals surface area contributed by atoms with Crippen molar-refractivity contribution < 1.29 is 23.8 Å². The van der Waals surface area contributed by atoms with Crippen LogP contribution in [0.15, 0.2) is 46.9 Å². The Labute approximate surface area is 187 Å². The molecule has 1 fully saturated rings. The highest BCUT2D eigenvalue weighted by Crippen LogP contribution is 2.34. The van der Waals surface area contributed by atoms with Crippen molar-refractivity contribution >= 4 is 45.0 Å². The van der Waals surface area contributed by atoms with Gasteiger partial charge in [-0.1, -0.05) is 23.7 Å². The van der Waals surface area contributed by atoms with E-state index < -0.39 is 6.10 Å². The fourth-order valence-corrected chi connectivity index (χ4v) is 4.19. The average Bonchev–Trinajstić information content (AvgIpc) is 2.77. The molecule has 1 unspecified atom stereocenters. The topological polar surface area (TPSA) is 68.3 Å². The van der Waals surface area contributed by atoms with Crippen LogP contribution in [0.3, 0.4) is 0 Å². The Hall–Kier alpha value is -2.29. The van der Waals surface area contributed by atoms with Crippen LogP contribution in [-0.2, 0) is 14.3 Å². The van der Waals surface area contributed by atoms with Crippen LogP contribution in [0.25, 0.3) is 0 Å². The van der Waals surface area contributed by atoms with Crippen LogP contribution < -0.4 is 14.4 Å². The summed E-state index contributed by atoms with van der Waals surface area (Å²) < 4.78 is 17.6. The second-order valence-electron chi connectivity index (χ2n) is 6.88. The van der Waals surface area contributed by atoms with Gasteiger partial charge in [0, 0.05) is 18.1 Å². The number of nitrogens with zero attached hydrogens (tertiary/aromatic N) is 2. The fraction of sp³-hybridized carbons (Fsp3) is 0.333. The Kier molecular flexibility index (Phi) is 6.46. The van der Waals surface area contributed by atoms with Crippen LogP contribution in [0.1, 0.15) is 0 Å². The lowest BCUT2D eigenvalue weighted by Gasteiger charge is -2.37. The third kappa shape index (κ3) is 4.55. The molecule has 2 heterocycles. The van der Waals surface area contributed by atoms with E-state index in [4.69, 9.17) is 25.8 Å². The minimum Gasteiger partial charge on any atom is -0.483 e. The molecule has 2 aromatic rings. The maximum Gasteiger partial charge on any atom is 0.265 e. The number of hydrogen-bond donors (Lipinski definition) is 0. The van der Waals surface area contributed by atoms with Gasteiger partial charge in [0.15, 0.2) is 12.7 Å². The largest absolute Gasteiger partial charge is 0.483 e. The van der Waals surface area contributed by atoms with Gasteiger partial charge in [-0.05, 0) is 46.3 Å². The first-order valence-electron chi connectivity index (χ1n) is 9.53. The van der Waals surface area contributed by atoms with E-state index in [2.05, 4.69) is 15.9 Å². The molecule has 2 amide bonds. The summed E-state index contributed by atoms with van der Waals surface area (Å²) in [5.41, 5.74) is 0.618. The summed E-state index contributed by atoms with van der Waals surface area (Å²) in [4.78, 5) is 29.2. The Morgan fingerprint density at radius 2 is 1.93 bits per heavy atom. The molecule has 2 aromatic carbocycles. The molecule has 158 valence electrons. The Morgan fingerprint density at radius 3 is 2.70 bits per heavy atom. The van der Waals surface area contributed by atoms with E-state index in [1.54, 1.807) is 40.1 Å². The summed E-state index contributed by atoms with van der Waals surface area (Å²) >= 11 is 9.33. The molecular weight excluding hydrogens is 476 g/mol. The molecule has 9 heteroatoms. The van der Waals surface area contributed by atoms with Crippen LogP contribution in [0, 0.1) is 0 Å². The van der Waals surface area contributed by atoms with E-state index >= 15 is 0 Å². The fourth-order valence-electron chi connectivity index (χ4n) is 3.40. The quantitative estimate of drug-likeness (QED) is 0.652. The van der Waals surface area contributed by atoms with E-state index in [0.29, 0.717) is 53.0 Å². The van der Waals surface area contributed by atoms with Crippen molar-refractivity contribution in [2.24, 2.45) is 0 Å². The van der Waals surface area contributed by atoms with Crippen molar-refractivity contribution in [3.05, 3.63) is 52.0 Å². The SMILES string of the molecule is O=C(C1CN(C(=O)COc2ccc(Cl)cc2Br)c2ccccc2O1)N1CCOCC1. The number of ether oxygens (including phenoxy) is 3. The molecule has 7 nitrogen and oxygen atoms in total. The predicted molar refractivity (Wildman–Crippen MR) is 115 cm³/mol. The molecule has 0 N–H and O–H groups in total. The number of halogens is 2. The number of para-hydroxylation sites is 2. The Bertz CT molecular complexity index is 951. The zero-order chi connectivity index (χ0) is 21.1. The Balaban J connectivity index is 1.50. The molecule has 1 atom stereocenters. The van der Waals surface area contributed by atoms with Crippen LogP contribution in [0.2, 0.25) is 5.02 Å². The van der Waals surface area contributed by atoms with Crippen LogP contribution in [-0.4, -0.2) is 62.3 Å². The van der Waals surface area contributed by atoms with Crippen molar-refractivity contribution in [1.82, 2.24) is 4.90 Å². The van der Waals surface area contributed by atoms with E-state index in [1.165, 1.54) is 0 Å². The standard InChI is InChI=1S/C21H20BrClN2O5/c22-15-11-14(23)5-6-17(15)29-13-20(26)25-12-19(21(27)24-7-9-28-10-8-24)30-18-4-2-1-3-16(18)25/h1-6,11,19H,7-10,12-13H2. The molecule has 0 aromatic heterocycles. The maximum atomic E-state index is 13.0. The number of rotatable bonds is 4. The van der Waals surface area contributed by atoms with Crippen LogP contribution in [0.5, 0.6) is 11.5 Å². The Morgan fingerprint density at radius 1 is 1.17 bits per heavy atom. The zero-order valence-electron chi connectivity index (χ0n) is 16.1. The highest BCUT2D eigenvalue weighted by atomic mass is 79.9. The molecule has 0 radical (unpaired) electrons. The first-order chi connectivity index (χ1) is 14.5. The van der Waals surface area contributed by atoms with Gasteiger partial charge in [-0.2, -0.15) is 0 Å². The summed E-state index contributed by atoms with van der Waals surface area (Å²) in [6.07, 6.45) is -0.774. The summed E-state index contributed by atoms with van der Waals surface area (Å²) in [7, 11) is 0. The summed E-state index contributed by atoms with van der Waals surface area (Å²) in [6.45, 7) is 1.97. The highest BCUT2D eigenvalue weighted by Gasteiger charge is 2.36. The van der Waals surface area contributed by atoms with Gasteiger partial charge in [-0.15, -0.1) is 0 Å². The van der Waals surface area contributed by atoms with Crippen molar-refractivity contribution in [3.8, 4) is 11.5 Å². The number of hydrogen-bond acceptors (Lipinski definition) is 5. The number of fused-ring (bicyclic) bond motifs is 1. The third-order valence-corrected chi connectivity index (χ3v) is 5.77. The molecule has 0 spiro atoms. The lowest BCUT2D eigenvalue weighted by Crippen LogP contribution is -2.54. The van der Waals surface area contributed by atoms with Gasteiger partial charge >= 0.3 is 0 Å². The molecule has 0 aliphatic carbocycles. The van der Waals surface area contributed by atoms with Gasteiger partial charge in [0.1, 0.15) is 11.5 Å². The zero-order valence-corrected chi connectivity index (χ0v) is 18.4. The second-order valence-corrected chi connectivity index (χ2v) is 8.17. The molecule has 0 saturated carbocycles. The monoisotopic (exact) mass is 494 g/mol. The lowest BCUT2D eigenvalue weighted by molar-refractivity contribution is -0.142. The number of carbonyl (C=O) groups is 2. The van der Waals surface area contributed by atoms with Crippen molar-refractivity contribution in [1.29, 1.82) is 0 Å². The molecule has 1 saturated heterocycles. The molecule has 4 rings (SSSR count). The van der Waals surface area contributed by atoms with Gasteiger partial charge < -0.3 is 24.0 Å². The van der Waals surface area contributed by atoms with Crippen molar-refractivity contribution in [3.63, 3.8) is 0 Å². The van der Waals surface area contributed by atoms with Crippen molar-refractivity contribution in [2.75, 3.05) is 44.4 Å². The molecular formula is C21H20BrClN2O5. The maximum absolute atomic E-state index is 13.0. The van der Waals surface area contributed by atoms with E-state index in [9.17, 15) is 9.59 Å². The van der Waals surface area contributed by atoms with Gasteiger partial charge in [0.05, 0.1) is 29.9 Å². The minimum atomic E-state index is -0.774. The summed E-state index contributed by atoms with van der Waals surface area (Å²) in [6, 6.07) is 12.3. The molecule has 30 heavy (non-hydrogen) atoms. The van der Waals surface area contributed by atoms with Crippen molar-refractivity contribution in [2.45, 2.75) is 6.10 Å². The molecule has 2 aliphatic heterocycles. The van der Waals surface area contributed by atoms with E-state index in [1.807, 2.05) is 12.1 Å². The van der Waals surface area contributed by atoms with E-state index in [0.717, 1.165) is 0 Å². The summed E-state index contributed by atoms with van der Waals surface area (Å²) in [5, 5.41) is 0.562. The lowest BCUT2D eigenvalue weighted by atomic mass is 10.1. The number of carbonyl (C=O) groups excluding carboxylic acids is 2. The molecule has 2 aliphatic rings. The number of amides is 2. The van der Waals surface area contributed by atoms with Gasteiger partial charge in [0.2, 0.25) is 0 Å². The average molecular weight is 496 g/mol. The summed E-state index contributed by atoms with van der Waals surface area (Å²) in [5.74, 6) is 0.589. The van der Waals surface area contributed by atoms with Crippen LogP contribution in [0.4, 0.5) is 5.69 Å². The van der Waals surface area contributed by atoms with Gasteiger partial charge in [-0.25, -0.2) is 0 Å². The number of morpholine rings is 1. The first-order valence-corrected chi connectivity index (χ1v) is 10.7. The normalized spacial score (nSPS) is 18.4. The number of anilines is 1. The predicted octanol–water partition coefficient (Wildman–Crippen LogP) is 3.13. The molecule has 0 bridgehead atoms. The minimum absolute atomic E-state index is 0.122. The first kappa shape index (κ1) is 21.0. The smallest absolute Gasteiger partial charge is 0.265 e. The van der Waals surface area contributed by atoms with Gasteiger partial charge in [-0.3, -0.25) is 9.59 Å². The van der Waals surface area contributed by atoms with E-state index in [-0.39, 0.29) is 25.0 Å². The van der Waals surface area contributed by atoms with Crippen LogP contribution >= 0.6 is 27.5 Å². The number of benzene rings is 2. The third-order valence-electron chi connectivity index (χ3n) is 4.92. The highest BCUT2D eigenvalue weighted by molar-refractivity contribution is 9.10. The van der Waals surface area contributed by atoms with Gasteiger partial charge in [0.25, 0.3) is 11.8 Å². The second kappa shape index (κ2) is 9.24.